The first kappa shape index (κ1) is 14.0. The van der Waals surface area contributed by atoms with Crippen LogP contribution in [0.2, 0.25) is 0 Å². The number of carbonyl (C=O) groups excluding carboxylic acids is 1. The van der Waals surface area contributed by atoms with Crippen LogP contribution in [-0.2, 0) is 4.79 Å². The van der Waals surface area contributed by atoms with E-state index in [2.05, 4.69) is 0 Å². The molecular weight excluding hydrogens is 252 g/mol. The van der Waals surface area contributed by atoms with Crippen molar-refractivity contribution in [3.63, 3.8) is 0 Å². The molecule has 0 bridgehead atoms. The van der Waals surface area contributed by atoms with Gasteiger partial charge in [-0.15, -0.1) is 0 Å². The van der Waals surface area contributed by atoms with Crippen molar-refractivity contribution in [2.75, 3.05) is 0 Å². The molecule has 0 unspecified atom stereocenters. The Labute approximate surface area is 117 Å². The van der Waals surface area contributed by atoms with Crippen molar-refractivity contribution in [3.05, 3.63) is 59.7 Å². The largest absolute Gasteiger partial charge is 0.481 e. The van der Waals surface area contributed by atoms with Crippen LogP contribution in [-0.4, -0.2) is 16.9 Å². The Hall–Kier alpha value is -2.42. The molecule has 0 aliphatic heterocycles. The Bertz CT molecular complexity index is 627. The number of rotatable bonds is 5. The first-order valence-electron chi connectivity index (χ1n) is 6.49. The van der Waals surface area contributed by atoms with Crippen LogP contribution in [0.3, 0.4) is 0 Å². The molecule has 2 aromatic carbocycles. The van der Waals surface area contributed by atoms with Gasteiger partial charge in [0, 0.05) is 12.0 Å². The quantitative estimate of drug-likeness (QED) is 0.841. The number of aryl methyl sites for hydroxylation is 1. The van der Waals surface area contributed by atoms with E-state index >= 15 is 0 Å². The van der Waals surface area contributed by atoms with Crippen LogP contribution in [0.25, 0.3) is 11.1 Å². The van der Waals surface area contributed by atoms with Crippen LogP contribution in [0.1, 0.15) is 28.8 Å². The van der Waals surface area contributed by atoms with Crippen LogP contribution in [0.15, 0.2) is 48.5 Å². The Morgan fingerprint density at radius 2 is 1.60 bits per heavy atom. The van der Waals surface area contributed by atoms with Crippen molar-refractivity contribution >= 4 is 11.8 Å². The third-order valence-corrected chi connectivity index (χ3v) is 3.23. The Morgan fingerprint density at radius 3 is 2.20 bits per heavy atom. The van der Waals surface area contributed by atoms with Crippen molar-refractivity contribution in [1.82, 2.24) is 0 Å². The van der Waals surface area contributed by atoms with Gasteiger partial charge in [-0.3, -0.25) is 9.59 Å². The molecule has 0 saturated carbocycles. The number of aliphatic carboxylic acids is 1. The molecule has 20 heavy (non-hydrogen) atoms. The van der Waals surface area contributed by atoms with E-state index in [-0.39, 0.29) is 18.6 Å². The van der Waals surface area contributed by atoms with Crippen LogP contribution in [0.5, 0.6) is 0 Å². The molecule has 0 heterocycles. The van der Waals surface area contributed by atoms with Gasteiger partial charge in [0.15, 0.2) is 5.78 Å². The molecule has 0 radical (unpaired) electrons. The Balaban J connectivity index is 2.16. The number of carbonyl (C=O) groups is 2. The molecule has 0 spiro atoms. The monoisotopic (exact) mass is 268 g/mol. The highest BCUT2D eigenvalue weighted by atomic mass is 16.4. The Kier molecular flexibility index (Phi) is 4.31. The minimum Gasteiger partial charge on any atom is -0.481 e. The van der Waals surface area contributed by atoms with E-state index in [1.807, 2.05) is 43.3 Å². The van der Waals surface area contributed by atoms with Gasteiger partial charge in [0.2, 0.25) is 0 Å². The lowest BCUT2D eigenvalue weighted by atomic mass is 9.98. The molecule has 2 aromatic rings. The molecule has 102 valence electrons. The van der Waals surface area contributed by atoms with Crippen molar-refractivity contribution in [2.24, 2.45) is 0 Å². The van der Waals surface area contributed by atoms with E-state index in [1.165, 1.54) is 5.56 Å². The summed E-state index contributed by atoms with van der Waals surface area (Å²) in [4.78, 5) is 22.3. The number of benzene rings is 2. The topological polar surface area (TPSA) is 54.4 Å². The fourth-order valence-corrected chi connectivity index (χ4v) is 2.10. The summed E-state index contributed by atoms with van der Waals surface area (Å²) in [5.41, 5.74) is 3.93. The zero-order valence-electron chi connectivity index (χ0n) is 11.3. The molecule has 0 aromatic heterocycles. The maximum absolute atomic E-state index is 11.8. The molecule has 3 nitrogen and oxygen atoms in total. The summed E-state index contributed by atoms with van der Waals surface area (Å²) in [6, 6.07) is 15.4. The Morgan fingerprint density at radius 1 is 0.950 bits per heavy atom. The summed E-state index contributed by atoms with van der Waals surface area (Å²) in [5, 5.41) is 8.58. The van der Waals surface area contributed by atoms with E-state index in [0.29, 0.717) is 5.56 Å². The number of ketones is 1. The summed E-state index contributed by atoms with van der Waals surface area (Å²) >= 11 is 0. The van der Waals surface area contributed by atoms with Gasteiger partial charge < -0.3 is 5.11 Å². The molecule has 0 aliphatic carbocycles. The van der Waals surface area contributed by atoms with E-state index in [4.69, 9.17) is 5.11 Å². The third-order valence-electron chi connectivity index (χ3n) is 3.23. The van der Waals surface area contributed by atoms with Crippen LogP contribution in [0, 0.1) is 6.92 Å². The van der Waals surface area contributed by atoms with Gasteiger partial charge in [-0.05, 0) is 23.6 Å². The lowest BCUT2D eigenvalue weighted by Gasteiger charge is -2.06. The minimum atomic E-state index is -0.949. The van der Waals surface area contributed by atoms with Crippen LogP contribution >= 0.6 is 0 Å². The van der Waals surface area contributed by atoms with Gasteiger partial charge >= 0.3 is 5.97 Å². The summed E-state index contributed by atoms with van der Waals surface area (Å²) < 4.78 is 0. The second kappa shape index (κ2) is 6.15. The first-order valence-corrected chi connectivity index (χ1v) is 6.49. The summed E-state index contributed by atoms with van der Waals surface area (Å²) in [5.74, 6) is -1.08. The fourth-order valence-electron chi connectivity index (χ4n) is 2.10. The third kappa shape index (κ3) is 3.32. The van der Waals surface area contributed by atoms with Crippen molar-refractivity contribution < 1.29 is 14.7 Å². The predicted octanol–water partition coefficient (Wildman–Crippen LogP) is 3.71. The second-order valence-corrected chi connectivity index (χ2v) is 4.71. The van der Waals surface area contributed by atoms with E-state index in [1.54, 1.807) is 12.1 Å². The molecule has 0 aliphatic rings. The average molecular weight is 268 g/mol. The highest BCUT2D eigenvalue weighted by molar-refractivity contribution is 5.97. The average Bonchev–Trinajstić information content (AvgIpc) is 2.45. The molecule has 3 heteroatoms. The highest BCUT2D eigenvalue weighted by Crippen LogP contribution is 2.23. The molecule has 0 saturated heterocycles. The number of Topliss-reactive ketones (excluding diaryl/α,β-unsaturated/α-hetero) is 1. The smallest absolute Gasteiger partial charge is 0.303 e. The molecular formula is C17H16O3. The van der Waals surface area contributed by atoms with Gasteiger partial charge in [-0.25, -0.2) is 0 Å². The van der Waals surface area contributed by atoms with Gasteiger partial charge in [0.25, 0.3) is 0 Å². The van der Waals surface area contributed by atoms with Gasteiger partial charge in [0.1, 0.15) is 0 Å². The molecule has 1 N–H and O–H groups in total. The molecule has 0 atom stereocenters. The lowest BCUT2D eigenvalue weighted by Crippen LogP contribution is -2.03. The number of hydrogen-bond acceptors (Lipinski definition) is 2. The van der Waals surface area contributed by atoms with Crippen LogP contribution in [0.4, 0.5) is 0 Å². The fraction of sp³-hybridized carbons (Fsp3) is 0.176. The molecule has 2 rings (SSSR count). The number of carboxylic acids is 1. The molecule has 0 amide bonds. The zero-order chi connectivity index (χ0) is 14.5. The normalized spacial score (nSPS) is 10.2. The first-order chi connectivity index (χ1) is 9.58. The van der Waals surface area contributed by atoms with Gasteiger partial charge in [-0.1, -0.05) is 48.5 Å². The summed E-state index contributed by atoms with van der Waals surface area (Å²) in [6.45, 7) is 2.04. The van der Waals surface area contributed by atoms with Crippen molar-refractivity contribution in [1.29, 1.82) is 0 Å². The van der Waals surface area contributed by atoms with Crippen molar-refractivity contribution in [3.8, 4) is 11.1 Å². The van der Waals surface area contributed by atoms with Gasteiger partial charge in [-0.2, -0.15) is 0 Å². The standard InChI is InChI=1S/C17H16O3/c1-12-4-2-3-5-15(12)13-6-8-14(9-7-13)16(18)10-11-17(19)20/h2-9H,10-11H2,1H3,(H,19,20). The van der Waals surface area contributed by atoms with E-state index in [9.17, 15) is 9.59 Å². The minimum absolute atomic E-state index is 0.0407. The number of hydrogen-bond donors (Lipinski definition) is 1. The van der Waals surface area contributed by atoms with Gasteiger partial charge in [0.05, 0.1) is 6.42 Å². The lowest BCUT2D eigenvalue weighted by molar-refractivity contribution is -0.136. The van der Waals surface area contributed by atoms with E-state index in [0.717, 1.165) is 11.1 Å². The van der Waals surface area contributed by atoms with E-state index < -0.39 is 5.97 Å². The maximum Gasteiger partial charge on any atom is 0.303 e. The second-order valence-electron chi connectivity index (χ2n) is 4.71. The van der Waals surface area contributed by atoms with Crippen LogP contribution < -0.4 is 0 Å². The summed E-state index contributed by atoms with van der Waals surface area (Å²) in [7, 11) is 0. The number of carboxylic acid groups (broad SMARTS) is 1. The molecule has 0 fully saturated rings. The SMILES string of the molecule is Cc1ccccc1-c1ccc(C(=O)CCC(=O)O)cc1. The van der Waals surface area contributed by atoms with Crippen molar-refractivity contribution in [2.45, 2.75) is 19.8 Å². The summed E-state index contributed by atoms with van der Waals surface area (Å²) in [6.07, 6.45) is -0.0859. The highest BCUT2D eigenvalue weighted by Gasteiger charge is 2.09. The predicted molar refractivity (Wildman–Crippen MR) is 77.8 cm³/mol. The maximum atomic E-state index is 11.8. The zero-order valence-corrected chi connectivity index (χ0v) is 11.3.